The number of nitrogens with one attached hydrogen (secondary N) is 1. The molecule has 1 aromatic rings. The Morgan fingerprint density at radius 3 is 2.50 bits per heavy atom. The normalized spacial score (nSPS) is 9.93. The van der Waals surface area contributed by atoms with E-state index in [1.807, 2.05) is 0 Å². The van der Waals surface area contributed by atoms with Gasteiger partial charge in [-0.1, -0.05) is 0 Å². The number of Topliss-reactive ketones (excluding diaryl/α,β-unsaturated/α-hetero) is 1. The summed E-state index contributed by atoms with van der Waals surface area (Å²) < 4.78 is 5.07. The van der Waals surface area contributed by atoms with Gasteiger partial charge < -0.3 is 9.73 Å². The van der Waals surface area contributed by atoms with Crippen LogP contribution in [0.4, 0.5) is 0 Å². The molecule has 1 N–H and O–H groups in total. The van der Waals surface area contributed by atoms with Gasteiger partial charge in [-0.2, -0.15) is 0 Å². The molecular formula is C9H12N2O3. The van der Waals surface area contributed by atoms with E-state index in [1.165, 1.54) is 6.92 Å². The molecule has 0 aliphatic carbocycles. The number of aryl methyl sites for hydroxylation is 2. The van der Waals surface area contributed by atoms with Crippen LogP contribution in [0.2, 0.25) is 0 Å². The van der Waals surface area contributed by atoms with Crippen molar-refractivity contribution in [3.8, 4) is 0 Å². The van der Waals surface area contributed by atoms with E-state index in [4.69, 9.17) is 4.42 Å². The molecule has 1 rings (SSSR count). The van der Waals surface area contributed by atoms with Crippen LogP contribution in [0.5, 0.6) is 0 Å². The Morgan fingerprint density at radius 1 is 1.43 bits per heavy atom. The maximum absolute atomic E-state index is 11.4. The zero-order valence-electron chi connectivity index (χ0n) is 8.38. The summed E-state index contributed by atoms with van der Waals surface area (Å²) in [5.74, 6) is 0.102. The molecule has 0 radical (unpaired) electrons. The molecule has 1 amide bonds. The molecule has 0 bridgehead atoms. The van der Waals surface area contributed by atoms with Crippen molar-refractivity contribution in [1.29, 1.82) is 0 Å². The van der Waals surface area contributed by atoms with E-state index >= 15 is 0 Å². The third-order valence-electron chi connectivity index (χ3n) is 1.61. The molecule has 76 valence electrons. The lowest BCUT2D eigenvalue weighted by molar-refractivity contribution is -0.116. The Bertz CT molecular complexity index is 368. The third-order valence-corrected chi connectivity index (χ3v) is 1.61. The van der Waals surface area contributed by atoms with E-state index < -0.39 is 5.91 Å². The van der Waals surface area contributed by atoms with Crippen LogP contribution in [0.15, 0.2) is 4.42 Å². The number of carbonyl (C=O) groups is 2. The van der Waals surface area contributed by atoms with E-state index in [2.05, 4.69) is 10.3 Å². The van der Waals surface area contributed by atoms with Crippen molar-refractivity contribution in [2.24, 2.45) is 0 Å². The number of hydrogen-bond acceptors (Lipinski definition) is 4. The average Bonchev–Trinajstić information content (AvgIpc) is 2.41. The highest BCUT2D eigenvalue weighted by atomic mass is 16.4. The van der Waals surface area contributed by atoms with Crippen LogP contribution in [0.1, 0.15) is 29.1 Å². The highest BCUT2D eigenvalue weighted by Gasteiger charge is 2.15. The first kappa shape index (κ1) is 10.4. The van der Waals surface area contributed by atoms with Crippen molar-refractivity contribution in [3.05, 3.63) is 17.3 Å². The van der Waals surface area contributed by atoms with Crippen LogP contribution < -0.4 is 5.32 Å². The lowest BCUT2D eigenvalue weighted by Crippen LogP contribution is -2.28. The van der Waals surface area contributed by atoms with Crippen LogP contribution in [-0.4, -0.2) is 23.2 Å². The maximum atomic E-state index is 11.4. The number of carbonyl (C=O) groups excluding carboxylic acids is 2. The fourth-order valence-electron chi connectivity index (χ4n) is 1.03. The molecule has 1 aromatic heterocycles. The molecule has 0 fully saturated rings. The summed E-state index contributed by atoms with van der Waals surface area (Å²) in [6.07, 6.45) is 0. The largest absolute Gasteiger partial charge is 0.436 e. The highest BCUT2D eigenvalue weighted by Crippen LogP contribution is 2.08. The van der Waals surface area contributed by atoms with E-state index in [-0.39, 0.29) is 18.1 Å². The second kappa shape index (κ2) is 4.04. The first-order chi connectivity index (χ1) is 6.50. The molecule has 0 aliphatic rings. The molecule has 0 saturated heterocycles. The molecule has 0 unspecified atom stereocenters. The molecular weight excluding hydrogens is 184 g/mol. The number of hydrogen-bond donors (Lipinski definition) is 1. The van der Waals surface area contributed by atoms with Gasteiger partial charge in [0.05, 0.1) is 12.2 Å². The fourth-order valence-corrected chi connectivity index (χ4v) is 1.03. The fraction of sp³-hybridized carbons (Fsp3) is 0.444. The van der Waals surface area contributed by atoms with Gasteiger partial charge in [0.2, 0.25) is 5.76 Å². The summed E-state index contributed by atoms with van der Waals surface area (Å²) in [6.45, 7) is 4.75. The topological polar surface area (TPSA) is 72.2 Å². The van der Waals surface area contributed by atoms with Crippen molar-refractivity contribution in [2.75, 3.05) is 6.54 Å². The van der Waals surface area contributed by atoms with Crippen LogP contribution in [-0.2, 0) is 4.79 Å². The number of amides is 1. The van der Waals surface area contributed by atoms with Gasteiger partial charge in [-0.3, -0.25) is 9.59 Å². The van der Waals surface area contributed by atoms with Gasteiger partial charge in [-0.25, -0.2) is 4.98 Å². The summed E-state index contributed by atoms with van der Waals surface area (Å²) in [7, 11) is 0. The number of aromatic nitrogens is 1. The van der Waals surface area contributed by atoms with Crippen LogP contribution in [0.25, 0.3) is 0 Å². The van der Waals surface area contributed by atoms with Crippen molar-refractivity contribution in [3.63, 3.8) is 0 Å². The summed E-state index contributed by atoms with van der Waals surface area (Å²) in [5, 5.41) is 2.43. The third kappa shape index (κ3) is 2.42. The van der Waals surface area contributed by atoms with Crippen molar-refractivity contribution >= 4 is 11.7 Å². The second-order valence-corrected chi connectivity index (χ2v) is 3.03. The van der Waals surface area contributed by atoms with Crippen LogP contribution in [0, 0.1) is 13.8 Å². The monoisotopic (exact) mass is 196 g/mol. The lowest BCUT2D eigenvalue weighted by Gasteiger charge is -1.99. The van der Waals surface area contributed by atoms with Crippen molar-refractivity contribution in [1.82, 2.24) is 10.3 Å². The van der Waals surface area contributed by atoms with Gasteiger partial charge >= 0.3 is 0 Å². The first-order valence-electron chi connectivity index (χ1n) is 4.22. The zero-order valence-corrected chi connectivity index (χ0v) is 8.38. The summed E-state index contributed by atoms with van der Waals surface area (Å²) >= 11 is 0. The SMILES string of the molecule is CC(=O)CNC(=O)c1oc(C)nc1C. The van der Waals surface area contributed by atoms with Crippen molar-refractivity contribution in [2.45, 2.75) is 20.8 Å². The van der Waals surface area contributed by atoms with E-state index in [9.17, 15) is 9.59 Å². The molecule has 0 spiro atoms. The summed E-state index contributed by atoms with van der Waals surface area (Å²) in [4.78, 5) is 25.9. The Labute approximate surface area is 81.5 Å². The average molecular weight is 196 g/mol. The molecule has 14 heavy (non-hydrogen) atoms. The van der Waals surface area contributed by atoms with Crippen LogP contribution in [0.3, 0.4) is 0 Å². The van der Waals surface area contributed by atoms with E-state index in [1.54, 1.807) is 13.8 Å². The number of oxazole rings is 1. The van der Waals surface area contributed by atoms with E-state index in [0.29, 0.717) is 11.6 Å². The van der Waals surface area contributed by atoms with Gasteiger partial charge in [0.15, 0.2) is 5.89 Å². The molecule has 1 heterocycles. The minimum Gasteiger partial charge on any atom is -0.436 e. The minimum atomic E-state index is -0.404. The predicted octanol–water partition coefficient (Wildman–Crippen LogP) is 0.610. The summed E-state index contributed by atoms with van der Waals surface area (Å²) in [6, 6.07) is 0. The maximum Gasteiger partial charge on any atom is 0.289 e. The Balaban J connectivity index is 2.69. The number of nitrogens with zero attached hydrogens (tertiary/aromatic N) is 1. The van der Waals surface area contributed by atoms with Crippen LogP contribution >= 0.6 is 0 Å². The Kier molecular flexibility index (Phi) is 3.01. The molecule has 0 saturated carbocycles. The van der Waals surface area contributed by atoms with Gasteiger partial charge in [-0.05, 0) is 13.8 Å². The molecule has 0 aromatic carbocycles. The van der Waals surface area contributed by atoms with E-state index in [0.717, 1.165) is 0 Å². The quantitative estimate of drug-likeness (QED) is 0.768. The van der Waals surface area contributed by atoms with Gasteiger partial charge in [-0.15, -0.1) is 0 Å². The molecule has 0 aliphatic heterocycles. The summed E-state index contributed by atoms with van der Waals surface area (Å²) in [5.41, 5.74) is 0.531. The Morgan fingerprint density at radius 2 is 2.07 bits per heavy atom. The smallest absolute Gasteiger partial charge is 0.289 e. The van der Waals surface area contributed by atoms with Gasteiger partial charge in [0, 0.05) is 6.92 Å². The predicted molar refractivity (Wildman–Crippen MR) is 49.0 cm³/mol. The minimum absolute atomic E-state index is 0.0119. The zero-order chi connectivity index (χ0) is 10.7. The van der Waals surface area contributed by atoms with Gasteiger partial charge in [0.25, 0.3) is 5.91 Å². The molecule has 5 nitrogen and oxygen atoms in total. The second-order valence-electron chi connectivity index (χ2n) is 3.03. The number of rotatable bonds is 3. The highest BCUT2D eigenvalue weighted by molar-refractivity contribution is 5.94. The number of ketones is 1. The Hall–Kier alpha value is -1.65. The first-order valence-corrected chi connectivity index (χ1v) is 4.22. The molecule has 5 heteroatoms. The lowest BCUT2D eigenvalue weighted by atomic mass is 10.3. The molecule has 0 atom stereocenters. The van der Waals surface area contributed by atoms with Gasteiger partial charge in [0.1, 0.15) is 5.78 Å². The van der Waals surface area contributed by atoms with Crippen molar-refractivity contribution < 1.29 is 14.0 Å². The standard InChI is InChI=1S/C9H12N2O3/c1-5(12)4-10-9(13)8-6(2)11-7(3)14-8/h4H2,1-3H3,(H,10,13).